The van der Waals surface area contributed by atoms with E-state index in [0.717, 1.165) is 50.2 Å². The minimum absolute atomic E-state index is 0.0429. The molecular formula is C29H38F3N5O3. The number of carbonyl (C=O) groups excluding carboxylic acids is 3. The highest BCUT2D eigenvalue weighted by Crippen LogP contribution is 2.51. The predicted octanol–water partition coefficient (Wildman–Crippen LogP) is 5.11. The quantitative estimate of drug-likeness (QED) is 0.394. The van der Waals surface area contributed by atoms with Crippen molar-refractivity contribution in [1.29, 1.82) is 0 Å². The summed E-state index contributed by atoms with van der Waals surface area (Å²) in [5, 5.41) is 10.4. The fourth-order valence-electron chi connectivity index (χ4n) is 5.56. The summed E-state index contributed by atoms with van der Waals surface area (Å²) in [4.78, 5) is 38.5. The van der Waals surface area contributed by atoms with Crippen LogP contribution in [0.25, 0.3) is 0 Å². The third-order valence-corrected chi connectivity index (χ3v) is 7.91. The van der Waals surface area contributed by atoms with Gasteiger partial charge in [0.2, 0.25) is 11.8 Å². The average molecular weight is 562 g/mol. The van der Waals surface area contributed by atoms with Crippen molar-refractivity contribution in [3.63, 3.8) is 0 Å². The summed E-state index contributed by atoms with van der Waals surface area (Å²) in [6, 6.07) is 6.79. The molecule has 3 amide bonds. The summed E-state index contributed by atoms with van der Waals surface area (Å²) in [7, 11) is 0. The second-order valence-electron chi connectivity index (χ2n) is 11.3. The van der Waals surface area contributed by atoms with Crippen molar-refractivity contribution in [1.82, 2.24) is 15.1 Å². The van der Waals surface area contributed by atoms with E-state index >= 15 is 0 Å². The number of rotatable bonds is 9. The van der Waals surface area contributed by atoms with Gasteiger partial charge < -0.3 is 16.4 Å². The Labute approximate surface area is 232 Å². The van der Waals surface area contributed by atoms with Gasteiger partial charge in [-0.2, -0.15) is 18.3 Å². The standard InChI is InChI=1S/C26H33N5O3.C3H5F3/c1-14(2)31-21(11-12-28-31)25(33)30-23(22(15-3-4-15)16-5-6-16)26(34)29-18-8-10-19-17(13-18)7-9-20(19)24(27)32;1-2-3(4,5)6/h8,10-16,20,22-23H,3-7,9H2,1-2H3,(H2,27,32)(H,29,34)(H,30,33);2H2,1H3. The molecule has 2 atom stereocenters. The Kier molecular flexibility index (Phi) is 8.90. The first-order chi connectivity index (χ1) is 18.9. The number of amides is 3. The molecule has 2 saturated carbocycles. The van der Waals surface area contributed by atoms with Crippen LogP contribution >= 0.6 is 0 Å². The van der Waals surface area contributed by atoms with Crippen molar-refractivity contribution >= 4 is 23.4 Å². The number of hydrogen-bond donors (Lipinski definition) is 3. The summed E-state index contributed by atoms with van der Waals surface area (Å²) in [6.45, 7) is 5.03. The normalized spacial score (nSPS) is 19.1. The first-order valence-electron chi connectivity index (χ1n) is 14.0. The summed E-state index contributed by atoms with van der Waals surface area (Å²) >= 11 is 0. The van der Waals surface area contributed by atoms with Crippen molar-refractivity contribution in [2.24, 2.45) is 23.5 Å². The monoisotopic (exact) mass is 561 g/mol. The summed E-state index contributed by atoms with van der Waals surface area (Å²) < 4.78 is 34.0. The number of primary amides is 1. The van der Waals surface area contributed by atoms with Crippen LogP contribution in [0.4, 0.5) is 18.9 Å². The molecule has 3 aliphatic carbocycles. The van der Waals surface area contributed by atoms with E-state index in [1.807, 2.05) is 32.0 Å². The lowest BCUT2D eigenvalue weighted by Crippen LogP contribution is -2.50. The molecule has 2 unspecified atom stereocenters. The molecule has 0 spiro atoms. The van der Waals surface area contributed by atoms with Crippen molar-refractivity contribution in [2.75, 3.05) is 5.32 Å². The smallest absolute Gasteiger partial charge is 0.369 e. The summed E-state index contributed by atoms with van der Waals surface area (Å²) in [5.74, 6) is 0.0910. The molecule has 218 valence electrons. The SMILES string of the molecule is CC(C)n1nccc1C(=O)NC(C(=O)Nc1ccc2c(c1)CCC2C(N)=O)C(C1CC1)C1CC1.CCC(F)(F)F. The minimum atomic E-state index is -3.96. The number of halogens is 3. The van der Waals surface area contributed by atoms with Crippen LogP contribution in [0.15, 0.2) is 30.5 Å². The summed E-state index contributed by atoms with van der Waals surface area (Å²) in [6.07, 6.45) is 2.83. The molecule has 4 N–H and O–H groups in total. The zero-order valence-electron chi connectivity index (χ0n) is 23.1. The number of nitrogens with one attached hydrogen (secondary N) is 2. The Bertz CT molecular complexity index is 1220. The Balaban J connectivity index is 0.000000557. The van der Waals surface area contributed by atoms with Gasteiger partial charge >= 0.3 is 6.18 Å². The lowest BCUT2D eigenvalue weighted by Gasteiger charge is -2.28. The highest BCUT2D eigenvalue weighted by Gasteiger charge is 2.48. The van der Waals surface area contributed by atoms with Gasteiger partial charge in [0.05, 0.1) is 5.92 Å². The molecule has 1 heterocycles. The lowest BCUT2D eigenvalue weighted by molar-refractivity contribution is -0.130. The molecule has 11 heteroatoms. The number of nitrogens with zero attached hydrogens (tertiary/aromatic N) is 2. The molecule has 0 radical (unpaired) electrons. The summed E-state index contributed by atoms with van der Waals surface area (Å²) in [5.41, 5.74) is 8.68. The van der Waals surface area contributed by atoms with E-state index in [2.05, 4.69) is 15.7 Å². The molecule has 1 aromatic heterocycles. The Morgan fingerprint density at radius 3 is 2.23 bits per heavy atom. The number of nitrogens with two attached hydrogens (primary N) is 1. The number of anilines is 1. The van der Waals surface area contributed by atoms with Crippen LogP contribution in [-0.2, 0) is 16.0 Å². The molecule has 2 fully saturated rings. The zero-order valence-corrected chi connectivity index (χ0v) is 23.1. The molecule has 1 aromatic carbocycles. The average Bonchev–Trinajstić information content (AvgIpc) is 3.81. The van der Waals surface area contributed by atoms with E-state index < -0.39 is 18.6 Å². The lowest BCUT2D eigenvalue weighted by atomic mass is 9.88. The highest BCUT2D eigenvalue weighted by molar-refractivity contribution is 6.01. The van der Waals surface area contributed by atoms with Crippen molar-refractivity contribution < 1.29 is 27.6 Å². The molecule has 3 aliphatic rings. The van der Waals surface area contributed by atoms with Gasteiger partial charge in [-0.3, -0.25) is 19.1 Å². The fraction of sp³-hybridized carbons (Fsp3) is 0.586. The predicted molar refractivity (Wildman–Crippen MR) is 144 cm³/mol. The van der Waals surface area contributed by atoms with E-state index in [9.17, 15) is 27.6 Å². The first kappa shape index (κ1) is 29.6. The van der Waals surface area contributed by atoms with Crippen LogP contribution < -0.4 is 16.4 Å². The number of hydrogen-bond acceptors (Lipinski definition) is 4. The van der Waals surface area contributed by atoms with Gasteiger partial charge in [0.25, 0.3) is 5.91 Å². The third-order valence-electron chi connectivity index (χ3n) is 7.91. The second kappa shape index (κ2) is 12.0. The largest absolute Gasteiger partial charge is 0.388 e. The molecule has 0 aliphatic heterocycles. The van der Waals surface area contributed by atoms with E-state index in [1.165, 1.54) is 0 Å². The second-order valence-corrected chi connectivity index (χ2v) is 11.3. The van der Waals surface area contributed by atoms with Gasteiger partial charge in [-0.25, -0.2) is 0 Å². The van der Waals surface area contributed by atoms with Crippen molar-refractivity contribution in [2.45, 2.75) is 89.9 Å². The van der Waals surface area contributed by atoms with Gasteiger partial charge in [-0.1, -0.05) is 13.0 Å². The highest BCUT2D eigenvalue weighted by atomic mass is 19.4. The number of carbonyl (C=O) groups is 3. The third kappa shape index (κ3) is 7.22. The van der Waals surface area contributed by atoms with Crippen LogP contribution in [0.2, 0.25) is 0 Å². The number of aryl methyl sites for hydroxylation is 1. The number of fused-ring (bicyclic) bond motifs is 1. The topological polar surface area (TPSA) is 119 Å². The van der Waals surface area contributed by atoms with Crippen LogP contribution in [0.1, 0.15) is 92.9 Å². The Hall–Kier alpha value is -3.37. The molecule has 8 nitrogen and oxygen atoms in total. The number of benzene rings is 1. The van der Waals surface area contributed by atoms with E-state index in [4.69, 9.17) is 5.73 Å². The van der Waals surface area contributed by atoms with Crippen LogP contribution in [0, 0.1) is 17.8 Å². The van der Waals surface area contributed by atoms with Gasteiger partial charge in [-0.05, 0) is 99.5 Å². The van der Waals surface area contributed by atoms with Gasteiger partial charge in [0.1, 0.15) is 11.7 Å². The Morgan fingerprint density at radius 1 is 1.07 bits per heavy atom. The number of alkyl halides is 3. The van der Waals surface area contributed by atoms with E-state index in [1.54, 1.807) is 16.9 Å². The maximum absolute atomic E-state index is 13.6. The van der Waals surface area contributed by atoms with Crippen LogP contribution in [0.3, 0.4) is 0 Å². The number of aromatic nitrogens is 2. The van der Waals surface area contributed by atoms with E-state index in [0.29, 0.717) is 29.6 Å². The van der Waals surface area contributed by atoms with Gasteiger partial charge in [0, 0.05) is 24.3 Å². The van der Waals surface area contributed by atoms with Crippen molar-refractivity contribution in [3.05, 3.63) is 47.3 Å². The molecule has 0 bridgehead atoms. The van der Waals surface area contributed by atoms with Gasteiger partial charge in [0.15, 0.2) is 0 Å². The molecule has 5 rings (SSSR count). The maximum Gasteiger partial charge on any atom is 0.388 e. The molecule has 0 saturated heterocycles. The van der Waals surface area contributed by atoms with Crippen LogP contribution in [-0.4, -0.2) is 39.7 Å². The minimum Gasteiger partial charge on any atom is -0.369 e. The van der Waals surface area contributed by atoms with Crippen LogP contribution in [0.5, 0.6) is 0 Å². The van der Waals surface area contributed by atoms with Crippen molar-refractivity contribution in [3.8, 4) is 0 Å². The molecule has 40 heavy (non-hydrogen) atoms. The van der Waals surface area contributed by atoms with E-state index in [-0.39, 0.29) is 35.6 Å². The fourth-order valence-corrected chi connectivity index (χ4v) is 5.56. The maximum atomic E-state index is 13.6. The zero-order chi connectivity index (χ0) is 29.2. The first-order valence-corrected chi connectivity index (χ1v) is 14.0. The van der Waals surface area contributed by atoms with Gasteiger partial charge in [-0.15, -0.1) is 0 Å². The Morgan fingerprint density at radius 2 is 1.70 bits per heavy atom. The molecule has 2 aromatic rings. The molecular weight excluding hydrogens is 523 g/mol.